The first-order valence-electron chi connectivity index (χ1n) is 14.1. The van der Waals surface area contributed by atoms with Gasteiger partial charge in [-0.15, -0.1) is 5.10 Å². The third-order valence-electron chi connectivity index (χ3n) is 7.58. The SMILES string of the molecule is Cc1cccnc1-n1nc(Cn2cc(C(F)(F)C(F)(F)C(F)(F)F)nn2)cc1C(=O)Nc1c(C)cc(I)cc1C(=O)NC(C)C1CC1. The van der Waals surface area contributed by atoms with Gasteiger partial charge in [0.2, 0.25) is 0 Å². The largest absolute Gasteiger partial charge is 0.460 e. The van der Waals surface area contributed by atoms with Gasteiger partial charge in [0.15, 0.2) is 11.5 Å². The summed E-state index contributed by atoms with van der Waals surface area (Å²) in [6, 6.07) is 7.89. The first kappa shape index (κ1) is 34.2. The van der Waals surface area contributed by atoms with Crippen molar-refractivity contribution in [2.75, 3.05) is 5.32 Å². The number of rotatable bonds is 10. The Morgan fingerprint density at radius 1 is 1.04 bits per heavy atom. The van der Waals surface area contributed by atoms with Crippen molar-refractivity contribution in [2.45, 2.75) is 64.2 Å². The van der Waals surface area contributed by atoms with Gasteiger partial charge in [0, 0.05) is 15.8 Å². The predicted octanol–water partition coefficient (Wildman–Crippen LogP) is 6.20. The fourth-order valence-electron chi connectivity index (χ4n) is 4.82. The molecule has 1 unspecified atom stereocenters. The molecule has 1 fully saturated rings. The van der Waals surface area contributed by atoms with Crippen LogP contribution in [0.5, 0.6) is 0 Å². The lowest BCUT2D eigenvalue weighted by Crippen LogP contribution is -2.50. The van der Waals surface area contributed by atoms with Gasteiger partial charge in [0.1, 0.15) is 5.69 Å². The third-order valence-corrected chi connectivity index (χ3v) is 8.20. The average molecular weight is 778 g/mol. The summed E-state index contributed by atoms with van der Waals surface area (Å²) in [5, 5.41) is 16.2. The van der Waals surface area contributed by atoms with Crippen LogP contribution < -0.4 is 10.6 Å². The molecule has 10 nitrogen and oxygen atoms in total. The number of amides is 2. The van der Waals surface area contributed by atoms with Crippen LogP contribution in [0.3, 0.4) is 0 Å². The molecule has 18 heteroatoms. The molecule has 0 radical (unpaired) electrons. The van der Waals surface area contributed by atoms with Crippen molar-refractivity contribution in [3.63, 3.8) is 0 Å². The predicted molar refractivity (Wildman–Crippen MR) is 162 cm³/mol. The summed E-state index contributed by atoms with van der Waals surface area (Å²) in [6.45, 7) is 4.76. The number of halogens is 8. The molecule has 1 aliphatic rings. The van der Waals surface area contributed by atoms with E-state index in [-0.39, 0.29) is 46.6 Å². The van der Waals surface area contributed by atoms with Gasteiger partial charge in [0.05, 0.1) is 29.7 Å². The zero-order chi connectivity index (χ0) is 34.5. The van der Waals surface area contributed by atoms with Crippen molar-refractivity contribution >= 4 is 40.1 Å². The lowest BCUT2D eigenvalue weighted by molar-refractivity contribution is -0.360. The highest BCUT2D eigenvalue weighted by Gasteiger charge is 2.74. The molecule has 4 aromatic rings. The molecule has 3 heterocycles. The first-order chi connectivity index (χ1) is 21.9. The van der Waals surface area contributed by atoms with Crippen molar-refractivity contribution in [3.8, 4) is 5.82 Å². The Kier molecular flexibility index (Phi) is 9.10. The number of carbonyl (C=O) groups excluding carboxylic acids is 2. The monoisotopic (exact) mass is 778 g/mol. The normalized spacial score (nSPS) is 14.6. The molecule has 0 saturated heterocycles. The maximum absolute atomic E-state index is 14.2. The lowest BCUT2D eigenvalue weighted by atomic mass is 10.1. The molecule has 250 valence electrons. The molecule has 1 aromatic carbocycles. The van der Waals surface area contributed by atoms with Crippen LogP contribution in [0.15, 0.2) is 42.7 Å². The van der Waals surface area contributed by atoms with Crippen LogP contribution in [-0.4, -0.2) is 59.7 Å². The highest BCUT2D eigenvalue weighted by atomic mass is 127. The maximum atomic E-state index is 14.2. The second-order valence-corrected chi connectivity index (χ2v) is 12.5. The van der Waals surface area contributed by atoms with Crippen molar-refractivity contribution < 1.29 is 40.3 Å². The summed E-state index contributed by atoms with van der Waals surface area (Å²) in [7, 11) is 0. The minimum absolute atomic E-state index is 0.0295. The standard InChI is InChI=1S/C29H26F7IN8O2/c1-14-5-4-8-38-24(14)45-21(11-19(42-45)12-44-13-22(41-43-44)27(30,31)28(32,33)29(34,35)36)26(47)40-23-15(2)9-18(37)10-20(23)25(46)39-16(3)17-6-7-17/h4-5,8-11,13,16-17H,6-7,12H2,1-3H3,(H,39,46)(H,40,47). The maximum Gasteiger partial charge on any atom is 0.460 e. The van der Waals surface area contributed by atoms with Gasteiger partial charge in [-0.3, -0.25) is 9.59 Å². The average Bonchev–Trinajstić information content (AvgIpc) is 3.59. The molecule has 0 bridgehead atoms. The van der Waals surface area contributed by atoms with Crippen LogP contribution in [0.2, 0.25) is 0 Å². The van der Waals surface area contributed by atoms with Gasteiger partial charge < -0.3 is 10.6 Å². The summed E-state index contributed by atoms with van der Waals surface area (Å²) < 4.78 is 96.0. The zero-order valence-corrected chi connectivity index (χ0v) is 27.0. The van der Waals surface area contributed by atoms with E-state index >= 15 is 0 Å². The molecule has 1 atom stereocenters. The molecule has 5 rings (SSSR count). The fraction of sp³-hybridized carbons (Fsp3) is 0.379. The number of carbonyl (C=O) groups is 2. The Morgan fingerprint density at radius 3 is 2.38 bits per heavy atom. The van der Waals surface area contributed by atoms with Gasteiger partial charge in [-0.05, 0) is 97.5 Å². The van der Waals surface area contributed by atoms with E-state index in [0.717, 1.165) is 21.1 Å². The number of hydrogen-bond acceptors (Lipinski definition) is 6. The molecule has 3 aromatic heterocycles. The molecule has 0 spiro atoms. The van der Waals surface area contributed by atoms with Gasteiger partial charge >= 0.3 is 18.0 Å². The topological polar surface area (TPSA) is 120 Å². The molecular formula is C29H26F7IN8O2. The molecular weight excluding hydrogens is 752 g/mol. The van der Waals surface area contributed by atoms with E-state index in [2.05, 4.69) is 53.6 Å². The Bertz CT molecular complexity index is 1830. The van der Waals surface area contributed by atoms with Gasteiger partial charge in [-0.25, -0.2) is 14.3 Å². The Labute approximate surface area is 276 Å². The summed E-state index contributed by atoms with van der Waals surface area (Å²) in [4.78, 5) is 31.4. The number of benzene rings is 1. The zero-order valence-electron chi connectivity index (χ0n) is 24.8. The Morgan fingerprint density at radius 2 is 1.74 bits per heavy atom. The summed E-state index contributed by atoms with van der Waals surface area (Å²) >= 11 is 2.06. The lowest BCUT2D eigenvalue weighted by Gasteiger charge is -2.26. The van der Waals surface area contributed by atoms with Gasteiger partial charge in [0.25, 0.3) is 11.8 Å². The molecule has 47 heavy (non-hydrogen) atoms. The number of alkyl halides is 7. The van der Waals surface area contributed by atoms with E-state index in [1.165, 1.54) is 12.3 Å². The quantitative estimate of drug-likeness (QED) is 0.146. The number of aromatic nitrogens is 6. The smallest absolute Gasteiger partial charge is 0.349 e. The van der Waals surface area contributed by atoms with E-state index in [0.29, 0.717) is 21.7 Å². The summed E-state index contributed by atoms with van der Waals surface area (Å²) in [5.74, 6) is -12.7. The van der Waals surface area contributed by atoms with Gasteiger partial charge in [-0.1, -0.05) is 11.3 Å². The Hall–Kier alpha value is -4.10. The minimum Gasteiger partial charge on any atom is -0.349 e. The number of pyridine rings is 1. The van der Waals surface area contributed by atoms with Crippen molar-refractivity contribution in [3.05, 3.63) is 80.1 Å². The van der Waals surface area contributed by atoms with Crippen LogP contribution in [0.25, 0.3) is 5.82 Å². The highest BCUT2D eigenvalue weighted by Crippen LogP contribution is 2.51. The van der Waals surface area contributed by atoms with Crippen LogP contribution >= 0.6 is 22.6 Å². The van der Waals surface area contributed by atoms with Crippen LogP contribution in [-0.2, 0) is 12.5 Å². The first-order valence-corrected chi connectivity index (χ1v) is 15.1. The van der Waals surface area contributed by atoms with E-state index in [1.807, 2.05) is 6.92 Å². The molecule has 2 amide bonds. The second kappa shape index (κ2) is 12.5. The number of nitrogens with one attached hydrogen (secondary N) is 2. The molecule has 2 N–H and O–H groups in total. The van der Waals surface area contributed by atoms with E-state index < -0.39 is 36.2 Å². The number of nitrogens with zero attached hydrogens (tertiary/aromatic N) is 6. The van der Waals surface area contributed by atoms with Crippen LogP contribution in [0.1, 0.15) is 63.1 Å². The third kappa shape index (κ3) is 6.82. The summed E-state index contributed by atoms with van der Waals surface area (Å²) in [6.07, 6.45) is -2.85. The molecule has 1 saturated carbocycles. The van der Waals surface area contributed by atoms with Crippen molar-refractivity contribution in [2.24, 2.45) is 5.92 Å². The fourth-order valence-corrected chi connectivity index (χ4v) is 5.60. The highest BCUT2D eigenvalue weighted by molar-refractivity contribution is 14.1. The van der Waals surface area contributed by atoms with E-state index in [9.17, 15) is 40.3 Å². The number of hydrogen-bond donors (Lipinski definition) is 2. The second-order valence-electron chi connectivity index (χ2n) is 11.2. The Balaban J connectivity index is 1.48. The van der Waals surface area contributed by atoms with Gasteiger partial charge in [-0.2, -0.15) is 35.8 Å². The minimum atomic E-state index is -6.55. The van der Waals surface area contributed by atoms with Crippen molar-refractivity contribution in [1.29, 1.82) is 0 Å². The number of aryl methyl sites for hydroxylation is 2. The van der Waals surface area contributed by atoms with Crippen LogP contribution in [0, 0.1) is 23.3 Å². The van der Waals surface area contributed by atoms with E-state index in [4.69, 9.17) is 0 Å². The van der Waals surface area contributed by atoms with E-state index in [1.54, 1.807) is 38.1 Å². The summed E-state index contributed by atoms with van der Waals surface area (Å²) in [5.41, 5.74) is -0.438. The van der Waals surface area contributed by atoms with Crippen LogP contribution in [0.4, 0.5) is 36.4 Å². The van der Waals surface area contributed by atoms with Crippen molar-refractivity contribution in [1.82, 2.24) is 35.1 Å². The molecule has 0 aliphatic heterocycles. The number of anilines is 1. The molecule has 1 aliphatic carbocycles.